The fourth-order valence-corrected chi connectivity index (χ4v) is 2.56. The van der Waals surface area contributed by atoms with Crippen molar-refractivity contribution in [3.05, 3.63) is 65.7 Å². The van der Waals surface area contributed by atoms with Crippen LogP contribution >= 0.6 is 0 Å². The molecule has 0 aromatic heterocycles. The van der Waals surface area contributed by atoms with Crippen molar-refractivity contribution in [1.29, 1.82) is 0 Å². The van der Waals surface area contributed by atoms with E-state index in [0.29, 0.717) is 24.5 Å². The van der Waals surface area contributed by atoms with E-state index in [4.69, 9.17) is 9.47 Å². The van der Waals surface area contributed by atoms with Gasteiger partial charge in [0.2, 0.25) is 0 Å². The van der Waals surface area contributed by atoms with Crippen molar-refractivity contribution < 1.29 is 23.9 Å². The van der Waals surface area contributed by atoms with Gasteiger partial charge in [-0.25, -0.2) is 0 Å². The summed E-state index contributed by atoms with van der Waals surface area (Å²) in [7, 11) is 0. The van der Waals surface area contributed by atoms with E-state index < -0.39 is 12.1 Å². The summed E-state index contributed by atoms with van der Waals surface area (Å²) in [4.78, 5) is 36.2. The molecule has 0 heterocycles. The predicted octanol–water partition coefficient (Wildman–Crippen LogP) is 3.69. The molecule has 6 heteroatoms. The van der Waals surface area contributed by atoms with E-state index in [1.807, 2.05) is 37.3 Å². The molecule has 1 atom stereocenters. The van der Waals surface area contributed by atoms with Gasteiger partial charge < -0.3 is 14.8 Å². The number of benzene rings is 2. The number of carbonyl (C=O) groups excluding carboxylic acids is 3. The van der Waals surface area contributed by atoms with Crippen LogP contribution in [-0.4, -0.2) is 30.4 Å². The minimum absolute atomic E-state index is 0.0202. The molecule has 2 aromatic rings. The first-order valence-corrected chi connectivity index (χ1v) is 9.76. The molecule has 0 radical (unpaired) electrons. The molecule has 0 saturated heterocycles. The fraction of sp³-hybridized carbons (Fsp3) is 0.348. The second kappa shape index (κ2) is 11.6. The SMILES string of the molecule is CCCOc1ccc(C(=O)CCC(=O)OC(C)C(=O)NCc2ccccc2)cc1. The lowest BCUT2D eigenvalue weighted by Crippen LogP contribution is -2.35. The van der Waals surface area contributed by atoms with Crippen molar-refractivity contribution >= 4 is 17.7 Å². The largest absolute Gasteiger partial charge is 0.494 e. The maximum Gasteiger partial charge on any atom is 0.307 e. The van der Waals surface area contributed by atoms with Crippen molar-refractivity contribution in [2.24, 2.45) is 0 Å². The molecule has 1 N–H and O–H groups in total. The minimum Gasteiger partial charge on any atom is -0.494 e. The average Bonchev–Trinajstić information content (AvgIpc) is 2.75. The number of Topliss-reactive ketones (excluding diaryl/α,β-unsaturated/α-hetero) is 1. The van der Waals surface area contributed by atoms with Crippen LogP contribution < -0.4 is 10.1 Å². The van der Waals surface area contributed by atoms with Crippen LogP contribution in [0.25, 0.3) is 0 Å². The van der Waals surface area contributed by atoms with Gasteiger partial charge in [0.15, 0.2) is 11.9 Å². The molecule has 0 fully saturated rings. The average molecular weight is 397 g/mol. The Morgan fingerprint density at radius 1 is 0.966 bits per heavy atom. The molecule has 0 aliphatic heterocycles. The van der Waals surface area contributed by atoms with E-state index in [1.165, 1.54) is 6.92 Å². The van der Waals surface area contributed by atoms with Gasteiger partial charge in [-0.15, -0.1) is 0 Å². The van der Waals surface area contributed by atoms with Gasteiger partial charge in [0.25, 0.3) is 5.91 Å². The van der Waals surface area contributed by atoms with Crippen LogP contribution in [0.15, 0.2) is 54.6 Å². The lowest BCUT2D eigenvalue weighted by molar-refractivity contribution is -0.154. The van der Waals surface area contributed by atoms with Crippen molar-refractivity contribution in [3.63, 3.8) is 0 Å². The highest BCUT2D eigenvalue weighted by Gasteiger charge is 2.18. The number of hydrogen-bond donors (Lipinski definition) is 1. The summed E-state index contributed by atoms with van der Waals surface area (Å²) >= 11 is 0. The van der Waals surface area contributed by atoms with Crippen LogP contribution in [0.1, 0.15) is 49.0 Å². The molecule has 1 unspecified atom stereocenters. The van der Waals surface area contributed by atoms with E-state index in [9.17, 15) is 14.4 Å². The van der Waals surface area contributed by atoms with E-state index in [-0.39, 0.29) is 24.5 Å². The molecule has 1 amide bonds. The highest BCUT2D eigenvalue weighted by atomic mass is 16.5. The number of amides is 1. The van der Waals surface area contributed by atoms with Crippen LogP contribution in [0.3, 0.4) is 0 Å². The number of esters is 1. The number of nitrogens with one attached hydrogen (secondary N) is 1. The maximum atomic E-state index is 12.2. The maximum absolute atomic E-state index is 12.2. The number of rotatable bonds is 11. The van der Waals surface area contributed by atoms with Gasteiger partial charge in [-0.3, -0.25) is 14.4 Å². The number of ketones is 1. The van der Waals surface area contributed by atoms with Gasteiger partial charge in [0, 0.05) is 18.5 Å². The Labute approximate surface area is 171 Å². The standard InChI is InChI=1S/C23H27NO5/c1-3-15-28-20-11-9-19(10-12-20)21(25)13-14-22(26)29-17(2)23(27)24-16-18-7-5-4-6-8-18/h4-12,17H,3,13-16H2,1-2H3,(H,24,27). The summed E-state index contributed by atoms with van der Waals surface area (Å²) in [6, 6.07) is 16.3. The predicted molar refractivity (Wildman–Crippen MR) is 110 cm³/mol. The summed E-state index contributed by atoms with van der Waals surface area (Å²) in [5.74, 6) is -0.414. The highest BCUT2D eigenvalue weighted by Crippen LogP contribution is 2.14. The van der Waals surface area contributed by atoms with Gasteiger partial charge in [-0.05, 0) is 43.2 Å². The monoisotopic (exact) mass is 397 g/mol. The summed E-state index contributed by atoms with van der Waals surface area (Å²) in [5, 5.41) is 2.72. The van der Waals surface area contributed by atoms with Gasteiger partial charge in [-0.1, -0.05) is 37.3 Å². The van der Waals surface area contributed by atoms with Gasteiger partial charge in [0.1, 0.15) is 5.75 Å². The van der Waals surface area contributed by atoms with E-state index in [1.54, 1.807) is 24.3 Å². The van der Waals surface area contributed by atoms with Crippen LogP contribution in [0.5, 0.6) is 5.75 Å². The third-order valence-electron chi connectivity index (χ3n) is 4.19. The van der Waals surface area contributed by atoms with Gasteiger partial charge >= 0.3 is 5.97 Å². The highest BCUT2D eigenvalue weighted by molar-refractivity contribution is 5.97. The molecule has 0 saturated carbocycles. The lowest BCUT2D eigenvalue weighted by atomic mass is 10.1. The molecular formula is C23H27NO5. The Hall–Kier alpha value is -3.15. The Balaban J connectivity index is 1.72. The molecule has 0 bridgehead atoms. The Kier molecular flexibility index (Phi) is 8.89. The van der Waals surface area contributed by atoms with E-state index >= 15 is 0 Å². The molecule has 0 aliphatic carbocycles. The third kappa shape index (κ3) is 7.78. The normalized spacial score (nSPS) is 11.4. The zero-order chi connectivity index (χ0) is 21.1. The number of carbonyl (C=O) groups is 3. The Morgan fingerprint density at radius 3 is 2.31 bits per heavy atom. The zero-order valence-corrected chi connectivity index (χ0v) is 16.9. The van der Waals surface area contributed by atoms with Gasteiger partial charge in [-0.2, -0.15) is 0 Å². The molecule has 0 spiro atoms. The minimum atomic E-state index is -0.920. The second-order valence-corrected chi connectivity index (χ2v) is 6.63. The molecule has 0 aliphatic rings. The number of hydrogen-bond acceptors (Lipinski definition) is 5. The third-order valence-corrected chi connectivity index (χ3v) is 4.19. The first-order valence-electron chi connectivity index (χ1n) is 9.76. The first kappa shape index (κ1) is 22.1. The smallest absolute Gasteiger partial charge is 0.307 e. The van der Waals surface area contributed by atoms with Crippen LogP contribution in [-0.2, 0) is 20.9 Å². The van der Waals surface area contributed by atoms with Crippen molar-refractivity contribution in [2.75, 3.05) is 6.61 Å². The van der Waals surface area contributed by atoms with Crippen molar-refractivity contribution in [3.8, 4) is 5.75 Å². The lowest BCUT2D eigenvalue weighted by Gasteiger charge is -2.13. The topological polar surface area (TPSA) is 81.7 Å². The van der Waals surface area contributed by atoms with Crippen molar-refractivity contribution in [2.45, 2.75) is 45.8 Å². The number of ether oxygens (including phenoxy) is 2. The van der Waals surface area contributed by atoms with Crippen LogP contribution in [0, 0.1) is 0 Å². The van der Waals surface area contributed by atoms with Crippen LogP contribution in [0.2, 0.25) is 0 Å². The summed E-state index contributed by atoms with van der Waals surface area (Å²) < 4.78 is 10.6. The molecule has 6 nitrogen and oxygen atoms in total. The van der Waals surface area contributed by atoms with Gasteiger partial charge in [0.05, 0.1) is 13.0 Å². The molecule has 2 aromatic carbocycles. The quantitative estimate of drug-likeness (QED) is 0.462. The van der Waals surface area contributed by atoms with E-state index in [0.717, 1.165) is 12.0 Å². The zero-order valence-electron chi connectivity index (χ0n) is 16.9. The molecule has 154 valence electrons. The molecule has 29 heavy (non-hydrogen) atoms. The summed E-state index contributed by atoms with van der Waals surface area (Å²) in [6.45, 7) is 4.51. The Bertz CT molecular complexity index is 802. The van der Waals surface area contributed by atoms with Crippen LogP contribution in [0.4, 0.5) is 0 Å². The van der Waals surface area contributed by atoms with Crippen molar-refractivity contribution in [1.82, 2.24) is 5.32 Å². The van der Waals surface area contributed by atoms with E-state index in [2.05, 4.69) is 5.32 Å². The molecular weight excluding hydrogens is 370 g/mol. The second-order valence-electron chi connectivity index (χ2n) is 6.63. The Morgan fingerprint density at radius 2 is 1.66 bits per heavy atom. The summed E-state index contributed by atoms with van der Waals surface area (Å²) in [6.07, 6.45) is -0.0718. The summed E-state index contributed by atoms with van der Waals surface area (Å²) in [5.41, 5.74) is 1.46. The molecule has 2 rings (SSSR count). The first-order chi connectivity index (χ1) is 14.0. The fourth-order valence-electron chi connectivity index (χ4n) is 2.56.